The van der Waals surface area contributed by atoms with E-state index >= 15 is 0 Å². The molecule has 2 fully saturated rings. The Kier molecular flexibility index (Phi) is 4.12. The van der Waals surface area contributed by atoms with Gasteiger partial charge in [-0.2, -0.15) is 0 Å². The van der Waals surface area contributed by atoms with Crippen molar-refractivity contribution in [3.05, 3.63) is 64.7 Å². The number of benzene rings is 2. The minimum atomic E-state index is -0.927. The summed E-state index contributed by atoms with van der Waals surface area (Å²) >= 11 is 5.90. The molecule has 0 bridgehead atoms. The van der Waals surface area contributed by atoms with Crippen LogP contribution in [0.4, 0.5) is 19.3 Å². The zero-order valence-electron chi connectivity index (χ0n) is 14.1. The second-order valence-electron chi connectivity index (χ2n) is 6.58. The Morgan fingerprint density at radius 3 is 2.46 bits per heavy atom. The summed E-state index contributed by atoms with van der Waals surface area (Å²) in [6.45, 7) is 3.14. The third-order valence-electron chi connectivity index (χ3n) is 5.16. The maximum absolute atomic E-state index is 14.3. The molecule has 0 aromatic heterocycles. The number of carbonyl (C=O) groups is 1. The number of amides is 2. The summed E-state index contributed by atoms with van der Waals surface area (Å²) in [5.41, 5.74) is 0.112. The number of rotatable bonds is 4. The molecule has 0 spiro atoms. The van der Waals surface area contributed by atoms with Crippen LogP contribution in [-0.2, 0) is 10.3 Å². The SMILES string of the molecule is C[C@@H](N1CCN(c2ccc(Cl)cc2)C1=O)[C@]1(c2ccc(F)cc2F)CO1. The highest BCUT2D eigenvalue weighted by atomic mass is 35.5. The van der Waals surface area contributed by atoms with Gasteiger partial charge in [-0.25, -0.2) is 13.6 Å². The first-order chi connectivity index (χ1) is 12.4. The van der Waals surface area contributed by atoms with Crippen molar-refractivity contribution in [3.8, 4) is 0 Å². The van der Waals surface area contributed by atoms with Crippen LogP contribution < -0.4 is 4.90 Å². The number of hydrogen-bond acceptors (Lipinski definition) is 2. The smallest absolute Gasteiger partial charge is 0.324 e. The molecule has 7 heteroatoms. The number of ether oxygens (including phenoxy) is 1. The highest BCUT2D eigenvalue weighted by molar-refractivity contribution is 6.30. The van der Waals surface area contributed by atoms with Gasteiger partial charge in [0.25, 0.3) is 0 Å². The number of epoxide rings is 1. The summed E-state index contributed by atoms with van der Waals surface area (Å²) in [4.78, 5) is 16.2. The lowest BCUT2D eigenvalue weighted by molar-refractivity contribution is 0.148. The molecule has 2 aromatic carbocycles. The summed E-state index contributed by atoms with van der Waals surface area (Å²) < 4.78 is 33.1. The van der Waals surface area contributed by atoms with Crippen molar-refractivity contribution in [2.45, 2.75) is 18.6 Å². The van der Waals surface area contributed by atoms with E-state index in [1.165, 1.54) is 12.1 Å². The van der Waals surface area contributed by atoms with Gasteiger partial charge in [0.1, 0.15) is 17.2 Å². The molecule has 0 N–H and O–H groups in total. The van der Waals surface area contributed by atoms with Crippen molar-refractivity contribution in [1.82, 2.24) is 4.90 Å². The molecule has 4 rings (SSSR count). The first kappa shape index (κ1) is 17.2. The number of halogens is 3. The predicted octanol–water partition coefficient (Wildman–Crippen LogP) is 4.17. The zero-order valence-corrected chi connectivity index (χ0v) is 14.8. The van der Waals surface area contributed by atoms with Crippen LogP contribution in [0, 0.1) is 11.6 Å². The molecule has 2 heterocycles. The minimum absolute atomic E-state index is 0.169. The molecule has 0 aliphatic carbocycles. The standard InChI is InChI=1S/C19H17ClF2N2O2/c1-12(19(11-26-19)16-7-4-14(21)10-17(16)22)23-8-9-24(18(23)25)15-5-2-13(20)3-6-15/h2-7,10,12H,8-9,11H2,1H3/t12-,19+/m1/s1. The predicted molar refractivity (Wildman–Crippen MR) is 94.4 cm³/mol. The van der Waals surface area contributed by atoms with E-state index in [2.05, 4.69) is 0 Å². The van der Waals surface area contributed by atoms with Gasteiger partial charge in [0.15, 0.2) is 0 Å². The van der Waals surface area contributed by atoms with Crippen molar-refractivity contribution in [2.24, 2.45) is 0 Å². The van der Waals surface area contributed by atoms with Crippen LogP contribution in [-0.4, -0.2) is 36.7 Å². The number of carbonyl (C=O) groups excluding carboxylic acids is 1. The quantitative estimate of drug-likeness (QED) is 0.748. The van der Waals surface area contributed by atoms with Crippen LogP contribution in [0.1, 0.15) is 12.5 Å². The van der Waals surface area contributed by atoms with Gasteiger partial charge in [-0.1, -0.05) is 17.7 Å². The molecule has 136 valence electrons. The van der Waals surface area contributed by atoms with Gasteiger partial charge in [0.05, 0.1) is 12.6 Å². The summed E-state index contributed by atoms with van der Waals surface area (Å²) in [6.07, 6.45) is 0. The first-order valence-corrected chi connectivity index (χ1v) is 8.73. The molecule has 0 radical (unpaired) electrons. The van der Waals surface area contributed by atoms with Gasteiger partial charge in [0.2, 0.25) is 0 Å². The second-order valence-corrected chi connectivity index (χ2v) is 7.02. The van der Waals surface area contributed by atoms with Crippen molar-refractivity contribution < 1.29 is 18.3 Å². The topological polar surface area (TPSA) is 36.1 Å². The van der Waals surface area contributed by atoms with Crippen molar-refractivity contribution in [2.75, 3.05) is 24.6 Å². The van der Waals surface area contributed by atoms with Gasteiger partial charge in [-0.05, 0) is 37.3 Å². The van der Waals surface area contributed by atoms with Gasteiger partial charge < -0.3 is 9.64 Å². The van der Waals surface area contributed by atoms with Crippen LogP contribution in [0.3, 0.4) is 0 Å². The Bertz CT molecular complexity index is 855. The summed E-state index contributed by atoms with van der Waals surface area (Å²) in [7, 11) is 0. The van der Waals surface area contributed by atoms with Crippen LogP contribution in [0.5, 0.6) is 0 Å². The van der Waals surface area contributed by atoms with Gasteiger partial charge in [0, 0.05) is 35.4 Å². The van der Waals surface area contributed by atoms with E-state index in [9.17, 15) is 13.6 Å². The Morgan fingerprint density at radius 2 is 1.85 bits per heavy atom. The maximum Gasteiger partial charge on any atom is 0.324 e. The number of anilines is 1. The molecule has 0 saturated carbocycles. The molecule has 26 heavy (non-hydrogen) atoms. The molecule has 4 nitrogen and oxygen atoms in total. The lowest BCUT2D eigenvalue weighted by Crippen LogP contribution is -2.45. The van der Waals surface area contributed by atoms with E-state index in [1.807, 2.05) is 6.92 Å². The van der Waals surface area contributed by atoms with Gasteiger partial charge >= 0.3 is 6.03 Å². The molecular formula is C19H17ClF2N2O2. The molecule has 2 aromatic rings. The van der Waals surface area contributed by atoms with Crippen molar-refractivity contribution >= 4 is 23.3 Å². The zero-order chi connectivity index (χ0) is 18.5. The van der Waals surface area contributed by atoms with E-state index in [-0.39, 0.29) is 17.6 Å². The lowest BCUT2D eigenvalue weighted by Gasteiger charge is -2.30. The molecular weight excluding hydrogens is 362 g/mol. The Morgan fingerprint density at radius 1 is 1.15 bits per heavy atom. The van der Waals surface area contributed by atoms with E-state index in [0.29, 0.717) is 24.7 Å². The van der Waals surface area contributed by atoms with E-state index in [0.717, 1.165) is 11.8 Å². The molecule has 2 amide bonds. The Labute approximate surface area is 154 Å². The summed E-state index contributed by atoms with van der Waals surface area (Å²) in [5, 5.41) is 0.600. The Hall–Kier alpha value is -2.18. The molecule has 2 aliphatic rings. The van der Waals surface area contributed by atoms with Crippen LogP contribution in [0.25, 0.3) is 0 Å². The van der Waals surface area contributed by atoms with E-state index in [1.54, 1.807) is 34.1 Å². The van der Waals surface area contributed by atoms with E-state index in [4.69, 9.17) is 16.3 Å². The number of nitrogens with zero attached hydrogens (tertiary/aromatic N) is 2. The number of hydrogen-bond donors (Lipinski definition) is 0. The highest BCUT2D eigenvalue weighted by Crippen LogP contribution is 2.46. The summed E-state index contributed by atoms with van der Waals surface area (Å²) in [5.74, 6) is -1.29. The molecule has 2 saturated heterocycles. The first-order valence-electron chi connectivity index (χ1n) is 8.35. The van der Waals surface area contributed by atoms with Gasteiger partial charge in [-0.15, -0.1) is 0 Å². The van der Waals surface area contributed by atoms with Crippen LogP contribution in [0.2, 0.25) is 5.02 Å². The third-order valence-corrected chi connectivity index (χ3v) is 5.42. The normalized spacial score (nSPS) is 23.5. The van der Waals surface area contributed by atoms with Crippen LogP contribution >= 0.6 is 11.6 Å². The van der Waals surface area contributed by atoms with E-state index < -0.39 is 17.2 Å². The monoisotopic (exact) mass is 378 g/mol. The number of urea groups is 1. The molecule has 2 aliphatic heterocycles. The molecule has 0 unspecified atom stereocenters. The van der Waals surface area contributed by atoms with Crippen LogP contribution in [0.15, 0.2) is 42.5 Å². The second kappa shape index (κ2) is 6.21. The highest BCUT2D eigenvalue weighted by Gasteiger charge is 2.56. The fourth-order valence-corrected chi connectivity index (χ4v) is 3.68. The summed E-state index contributed by atoms with van der Waals surface area (Å²) in [6, 6.07) is 9.94. The average Bonchev–Trinajstić information content (AvgIpc) is 3.32. The minimum Gasteiger partial charge on any atom is -0.362 e. The largest absolute Gasteiger partial charge is 0.362 e. The van der Waals surface area contributed by atoms with Crippen molar-refractivity contribution in [3.63, 3.8) is 0 Å². The van der Waals surface area contributed by atoms with Gasteiger partial charge in [-0.3, -0.25) is 4.90 Å². The van der Waals surface area contributed by atoms with Crippen molar-refractivity contribution in [1.29, 1.82) is 0 Å². The fraction of sp³-hybridized carbons (Fsp3) is 0.316. The Balaban J connectivity index is 1.58. The molecule has 2 atom stereocenters. The maximum atomic E-state index is 14.3. The fourth-order valence-electron chi connectivity index (χ4n) is 3.56. The lowest BCUT2D eigenvalue weighted by atomic mass is 9.91. The third kappa shape index (κ3) is 2.73. The average molecular weight is 379 g/mol.